The highest BCUT2D eigenvalue weighted by Crippen LogP contribution is 2.29. The number of nitrogens with zero attached hydrogens (tertiary/aromatic N) is 2. The van der Waals surface area contributed by atoms with Gasteiger partial charge in [-0.1, -0.05) is 6.92 Å². The highest BCUT2D eigenvalue weighted by Gasteiger charge is 2.25. The van der Waals surface area contributed by atoms with Crippen LogP contribution in [0.2, 0.25) is 0 Å². The van der Waals surface area contributed by atoms with Crippen molar-refractivity contribution in [3.63, 3.8) is 0 Å². The van der Waals surface area contributed by atoms with Gasteiger partial charge in [-0.2, -0.15) is 5.10 Å². The second kappa shape index (κ2) is 6.65. The van der Waals surface area contributed by atoms with Crippen molar-refractivity contribution >= 4 is 15.9 Å². The third kappa shape index (κ3) is 3.12. The highest BCUT2D eigenvalue weighted by molar-refractivity contribution is 9.10. The smallest absolute Gasteiger partial charge is 0.0710 e. The van der Waals surface area contributed by atoms with E-state index in [0.29, 0.717) is 6.10 Å². The molecule has 0 radical (unpaired) electrons. The van der Waals surface area contributed by atoms with Gasteiger partial charge < -0.3 is 4.74 Å². The summed E-state index contributed by atoms with van der Waals surface area (Å²) in [6.07, 6.45) is 6.37. The second-order valence-electron chi connectivity index (χ2n) is 4.69. The summed E-state index contributed by atoms with van der Waals surface area (Å²) in [6.45, 7) is 3.92. The van der Waals surface area contributed by atoms with Crippen molar-refractivity contribution in [3.8, 4) is 0 Å². The first kappa shape index (κ1) is 14.0. The lowest BCUT2D eigenvalue weighted by Crippen LogP contribution is -2.32. The maximum atomic E-state index is 5.71. The van der Waals surface area contributed by atoms with E-state index >= 15 is 0 Å². The van der Waals surface area contributed by atoms with E-state index in [0.717, 1.165) is 49.0 Å². The van der Waals surface area contributed by atoms with Crippen LogP contribution in [0.15, 0.2) is 10.7 Å². The van der Waals surface area contributed by atoms with Gasteiger partial charge in [-0.15, -0.1) is 0 Å². The van der Waals surface area contributed by atoms with Crippen LogP contribution in [0.5, 0.6) is 0 Å². The number of halogens is 1. The van der Waals surface area contributed by atoms with Gasteiger partial charge in [0.1, 0.15) is 0 Å². The minimum atomic E-state index is 0.0801. The van der Waals surface area contributed by atoms with Crippen LogP contribution in [0, 0.1) is 0 Å². The van der Waals surface area contributed by atoms with Gasteiger partial charge in [0, 0.05) is 13.2 Å². The number of nitrogens with two attached hydrogens (primary N) is 1. The van der Waals surface area contributed by atoms with Gasteiger partial charge in [-0.25, -0.2) is 0 Å². The molecule has 5 nitrogen and oxygen atoms in total. The molecule has 2 heterocycles. The minimum Gasteiger partial charge on any atom is -0.378 e. The number of aromatic nitrogens is 2. The maximum absolute atomic E-state index is 5.71. The lowest BCUT2D eigenvalue weighted by atomic mass is 10.0. The van der Waals surface area contributed by atoms with Gasteiger partial charge in [0.25, 0.3) is 0 Å². The van der Waals surface area contributed by atoms with Gasteiger partial charge in [-0.3, -0.25) is 16.0 Å². The summed E-state index contributed by atoms with van der Waals surface area (Å²) in [5.41, 5.74) is 4.02. The van der Waals surface area contributed by atoms with Crippen LogP contribution in [0.3, 0.4) is 0 Å². The zero-order valence-corrected chi connectivity index (χ0v) is 12.3. The molecule has 1 aliphatic rings. The molecule has 1 aromatic heterocycles. The Bertz CT molecular complexity index is 376. The fraction of sp³-hybridized carbons (Fsp3) is 0.750. The monoisotopic (exact) mass is 316 g/mol. The van der Waals surface area contributed by atoms with E-state index in [1.165, 1.54) is 0 Å². The number of aryl methyl sites for hydroxylation is 1. The van der Waals surface area contributed by atoms with E-state index in [4.69, 9.17) is 10.6 Å². The molecule has 3 N–H and O–H groups in total. The lowest BCUT2D eigenvalue weighted by Gasteiger charge is -2.21. The Morgan fingerprint density at radius 2 is 2.56 bits per heavy atom. The molecular formula is C12H21BrN4O. The van der Waals surface area contributed by atoms with Crippen molar-refractivity contribution in [1.82, 2.24) is 15.2 Å². The Morgan fingerprint density at radius 3 is 3.17 bits per heavy atom. The van der Waals surface area contributed by atoms with Crippen molar-refractivity contribution in [2.45, 2.75) is 51.3 Å². The van der Waals surface area contributed by atoms with E-state index in [1.54, 1.807) is 0 Å². The normalized spacial score (nSPS) is 21.4. The van der Waals surface area contributed by atoms with Crippen molar-refractivity contribution in [2.24, 2.45) is 5.84 Å². The van der Waals surface area contributed by atoms with E-state index < -0.39 is 0 Å². The molecule has 2 unspecified atom stereocenters. The molecule has 1 saturated heterocycles. The molecule has 0 aliphatic carbocycles. The Hall–Kier alpha value is -0.430. The van der Waals surface area contributed by atoms with Gasteiger partial charge >= 0.3 is 0 Å². The highest BCUT2D eigenvalue weighted by atomic mass is 79.9. The summed E-state index contributed by atoms with van der Waals surface area (Å²) in [4.78, 5) is 0. The number of nitrogens with one attached hydrogen (secondary N) is 1. The Morgan fingerprint density at radius 1 is 1.72 bits per heavy atom. The fourth-order valence-electron chi connectivity index (χ4n) is 2.46. The summed E-state index contributed by atoms with van der Waals surface area (Å²) >= 11 is 3.56. The summed E-state index contributed by atoms with van der Waals surface area (Å²) in [7, 11) is 0. The number of hydrogen-bond acceptors (Lipinski definition) is 4. The van der Waals surface area contributed by atoms with Gasteiger partial charge in [0.2, 0.25) is 0 Å². The van der Waals surface area contributed by atoms with Crippen molar-refractivity contribution in [1.29, 1.82) is 0 Å². The predicted molar refractivity (Wildman–Crippen MR) is 73.9 cm³/mol. The average molecular weight is 317 g/mol. The molecule has 0 aromatic carbocycles. The Kier molecular flexibility index (Phi) is 5.17. The van der Waals surface area contributed by atoms with Crippen LogP contribution in [-0.2, 0) is 11.3 Å². The first-order chi connectivity index (χ1) is 8.76. The zero-order valence-electron chi connectivity index (χ0n) is 10.7. The number of hydrazine groups is 1. The van der Waals surface area contributed by atoms with Crippen molar-refractivity contribution in [2.75, 3.05) is 6.61 Å². The SMILES string of the molecule is CCCn1ncc(Br)c1C(CC1CCCO1)NN. The van der Waals surface area contributed by atoms with Gasteiger partial charge in [0.05, 0.1) is 28.5 Å². The first-order valence-electron chi connectivity index (χ1n) is 6.55. The molecule has 102 valence electrons. The van der Waals surface area contributed by atoms with Crippen LogP contribution in [0.25, 0.3) is 0 Å². The van der Waals surface area contributed by atoms with E-state index in [-0.39, 0.29) is 6.04 Å². The fourth-order valence-corrected chi connectivity index (χ4v) is 3.03. The first-order valence-corrected chi connectivity index (χ1v) is 7.34. The summed E-state index contributed by atoms with van der Waals surface area (Å²) in [6, 6.07) is 0.0801. The van der Waals surface area contributed by atoms with Crippen LogP contribution in [-0.4, -0.2) is 22.5 Å². The molecule has 1 aromatic rings. The van der Waals surface area contributed by atoms with Gasteiger partial charge in [-0.05, 0) is 41.6 Å². The third-order valence-electron chi connectivity index (χ3n) is 3.32. The average Bonchev–Trinajstić information content (AvgIpc) is 2.98. The Labute approximate surface area is 116 Å². The van der Waals surface area contributed by atoms with Gasteiger partial charge in [0.15, 0.2) is 0 Å². The molecule has 0 spiro atoms. The minimum absolute atomic E-state index is 0.0801. The second-order valence-corrected chi connectivity index (χ2v) is 5.55. The molecule has 2 atom stereocenters. The largest absolute Gasteiger partial charge is 0.378 e. The van der Waals surface area contributed by atoms with Crippen molar-refractivity contribution in [3.05, 3.63) is 16.4 Å². The summed E-state index contributed by atoms with van der Waals surface area (Å²) in [5.74, 6) is 5.71. The standard InChI is InChI=1S/C12H21BrN4O/c1-2-5-17-12(10(13)8-15-17)11(16-14)7-9-4-3-6-18-9/h8-9,11,16H,2-7,14H2,1H3. The van der Waals surface area contributed by atoms with Crippen molar-refractivity contribution < 1.29 is 4.74 Å². The molecule has 0 saturated carbocycles. The summed E-state index contributed by atoms with van der Waals surface area (Å²) in [5, 5.41) is 4.38. The van der Waals surface area contributed by atoms with Crippen LogP contribution < -0.4 is 11.3 Å². The molecule has 0 bridgehead atoms. The lowest BCUT2D eigenvalue weighted by molar-refractivity contribution is 0.0935. The van der Waals surface area contributed by atoms with E-state index in [2.05, 4.69) is 33.4 Å². The number of rotatable bonds is 6. The number of hydrogen-bond donors (Lipinski definition) is 2. The molecule has 18 heavy (non-hydrogen) atoms. The molecule has 6 heteroatoms. The number of ether oxygens (including phenoxy) is 1. The maximum Gasteiger partial charge on any atom is 0.0710 e. The van der Waals surface area contributed by atoms with E-state index in [1.807, 2.05) is 10.9 Å². The third-order valence-corrected chi connectivity index (χ3v) is 3.93. The van der Waals surface area contributed by atoms with Crippen LogP contribution >= 0.6 is 15.9 Å². The zero-order chi connectivity index (χ0) is 13.0. The Balaban J connectivity index is 2.12. The molecule has 1 fully saturated rings. The van der Waals surface area contributed by atoms with Crippen LogP contribution in [0.1, 0.15) is 44.3 Å². The quantitative estimate of drug-likeness (QED) is 0.623. The molecular weight excluding hydrogens is 296 g/mol. The molecule has 1 aliphatic heterocycles. The molecule has 0 amide bonds. The summed E-state index contributed by atoms with van der Waals surface area (Å²) < 4.78 is 8.71. The van der Waals surface area contributed by atoms with E-state index in [9.17, 15) is 0 Å². The predicted octanol–water partition coefficient (Wildman–Crippen LogP) is 2.13. The molecule has 2 rings (SSSR count). The topological polar surface area (TPSA) is 65.1 Å². The van der Waals surface area contributed by atoms with Crippen LogP contribution in [0.4, 0.5) is 0 Å².